The molecule has 0 radical (unpaired) electrons. The summed E-state index contributed by atoms with van der Waals surface area (Å²) >= 11 is 0. The SMILES string of the molecule is O=C1CNC2(CCCN(Cc3ccccc3)CC2)CN1. The molecule has 1 atom stereocenters. The first-order valence-electron chi connectivity index (χ1n) is 7.54. The fourth-order valence-corrected chi connectivity index (χ4v) is 3.26. The molecule has 1 unspecified atom stereocenters. The van der Waals surface area contributed by atoms with Crippen molar-refractivity contribution in [3.05, 3.63) is 35.9 Å². The number of amides is 1. The van der Waals surface area contributed by atoms with Crippen LogP contribution in [-0.4, -0.2) is 42.5 Å². The van der Waals surface area contributed by atoms with Crippen LogP contribution in [0, 0.1) is 0 Å². The highest BCUT2D eigenvalue weighted by Crippen LogP contribution is 2.24. The van der Waals surface area contributed by atoms with Crippen molar-refractivity contribution in [1.82, 2.24) is 15.5 Å². The van der Waals surface area contributed by atoms with Gasteiger partial charge in [-0.25, -0.2) is 0 Å². The number of nitrogens with zero attached hydrogens (tertiary/aromatic N) is 1. The quantitative estimate of drug-likeness (QED) is 0.849. The Morgan fingerprint density at radius 3 is 2.75 bits per heavy atom. The number of nitrogens with one attached hydrogen (secondary N) is 2. The summed E-state index contributed by atoms with van der Waals surface area (Å²) in [5.41, 5.74) is 1.51. The lowest BCUT2D eigenvalue weighted by Crippen LogP contribution is -2.61. The predicted octanol–water partition coefficient (Wildman–Crippen LogP) is 1.13. The van der Waals surface area contributed by atoms with E-state index in [1.54, 1.807) is 0 Å². The minimum atomic E-state index is 0.124. The molecule has 2 saturated heterocycles. The molecule has 0 saturated carbocycles. The first-order chi connectivity index (χ1) is 9.76. The van der Waals surface area contributed by atoms with Gasteiger partial charge in [0.25, 0.3) is 0 Å². The Hall–Kier alpha value is -1.39. The molecule has 2 fully saturated rings. The summed E-state index contributed by atoms with van der Waals surface area (Å²) in [5.74, 6) is 0.126. The van der Waals surface area contributed by atoms with Gasteiger partial charge in [-0.3, -0.25) is 9.69 Å². The molecular formula is C16H23N3O. The Balaban J connectivity index is 1.58. The summed E-state index contributed by atoms with van der Waals surface area (Å²) in [6.07, 6.45) is 3.45. The van der Waals surface area contributed by atoms with E-state index in [1.807, 2.05) is 0 Å². The summed E-state index contributed by atoms with van der Waals surface area (Å²) in [4.78, 5) is 13.8. The average molecular weight is 273 g/mol. The molecule has 3 rings (SSSR count). The van der Waals surface area contributed by atoms with Crippen LogP contribution in [0.1, 0.15) is 24.8 Å². The molecule has 0 aromatic heterocycles. The Labute approximate surface area is 120 Å². The number of hydrogen-bond donors (Lipinski definition) is 2. The molecular weight excluding hydrogens is 250 g/mol. The topological polar surface area (TPSA) is 44.4 Å². The van der Waals surface area contributed by atoms with Crippen molar-refractivity contribution in [1.29, 1.82) is 0 Å². The van der Waals surface area contributed by atoms with Crippen LogP contribution in [-0.2, 0) is 11.3 Å². The molecule has 2 heterocycles. The van der Waals surface area contributed by atoms with Crippen molar-refractivity contribution in [2.75, 3.05) is 26.2 Å². The highest BCUT2D eigenvalue weighted by atomic mass is 16.2. The zero-order chi connectivity index (χ0) is 13.8. The van der Waals surface area contributed by atoms with Crippen molar-refractivity contribution in [3.63, 3.8) is 0 Å². The lowest BCUT2D eigenvalue weighted by molar-refractivity contribution is -0.122. The largest absolute Gasteiger partial charge is 0.353 e. The molecule has 0 bridgehead atoms. The maximum Gasteiger partial charge on any atom is 0.234 e. The molecule has 1 amide bonds. The molecule has 4 nitrogen and oxygen atoms in total. The predicted molar refractivity (Wildman–Crippen MR) is 79.3 cm³/mol. The summed E-state index contributed by atoms with van der Waals surface area (Å²) in [6.45, 7) is 4.52. The van der Waals surface area contributed by atoms with Gasteiger partial charge in [0.05, 0.1) is 6.54 Å². The molecule has 2 aliphatic heterocycles. The standard InChI is InChI=1S/C16H23N3O/c20-15-11-18-16(13-17-15)7-4-9-19(10-8-16)12-14-5-2-1-3-6-14/h1-3,5-6,18H,4,7-13H2,(H,17,20). The van der Waals surface area contributed by atoms with E-state index >= 15 is 0 Å². The third kappa shape index (κ3) is 3.19. The molecule has 4 heteroatoms. The molecule has 2 N–H and O–H groups in total. The van der Waals surface area contributed by atoms with Crippen LogP contribution in [0.4, 0.5) is 0 Å². The van der Waals surface area contributed by atoms with Crippen molar-refractivity contribution in [2.45, 2.75) is 31.3 Å². The van der Waals surface area contributed by atoms with Gasteiger partial charge in [-0.15, -0.1) is 0 Å². The van der Waals surface area contributed by atoms with E-state index in [9.17, 15) is 4.79 Å². The van der Waals surface area contributed by atoms with E-state index in [2.05, 4.69) is 45.9 Å². The van der Waals surface area contributed by atoms with Crippen molar-refractivity contribution >= 4 is 5.91 Å². The highest BCUT2D eigenvalue weighted by molar-refractivity contribution is 5.79. The van der Waals surface area contributed by atoms with E-state index in [1.165, 1.54) is 12.0 Å². The zero-order valence-corrected chi connectivity index (χ0v) is 11.9. The van der Waals surface area contributed by atoms with Gasteiger partial charge in [-0.1, -0.05) is 30.3 Å². The van der Waals surface area contributed by atoms with E-state index in [4.69, 9.17) is 0 Å². The zero-order valence-electron chi connectivity index (χ0n) is 11.9. The average Bonchev–Trinajstić information content (AvgIpc) is 2.67. The fraction of sp³-hybridized carbons (Fsp3) is 0.562. The summed E-state index contributed by atoms with van der Waals surface area (Å²) in [6, 6.07) is 10.7. The fourth-order valence-electron chi connectivity index (χ4n) is 3.26. The molecule has 1 spiro atoms. The van der Waals surface area contributed by atoms with Crippen molar-refractivity contribution in [3.8, 4) is 0 Å². The van der Waals surface area contributed by atoms with Crippen LogP contribution in [0.25, 0.3) is 0 Å². The number of benzene rings is 1. The number of likely N-dealkylation sites (tertiary alicyclic amines) is 1. The lowest BCUT2D eigenvalue weighted by atomic mass is 9.89. The minimum absolute atomic E-state index is 0.124. The van der Waals surface area contributed by atoms with Crippen LogP contribution in [0.2, 0.25) is 0 Å². The van der Waals surface area contributed by atoms with E-state index < -0.39 is 0 Å². The summed E-state index contributed by atoms with van der Waals surface area (Å²) in [7, 11) is 0. The van der Waals surface area contributed by atoms with E-state index in [0.29, 0.717) is 6.54 Å². The second kappa shape index (κ2) is 5.94. The first kappa shape index (κ1) is 13.6. The van der Waals surface area contributed by atoms with Gasteiger partial charge in [0, 0.05) is 25.2 Å². The van der Waals surface area contributed by atoms with Gasteiger partial charge in [0.2, 0.25) is 5.91 Å². The smallest absolute Gasteiger partial charge is 0.234 e. The van der Waals surface area contributed by atoms with Gasteiger partial charge in [-0.05, 0) is 31.4 Å². The monoisotopic (exact) mass is 273 g/mol. The minimum Gasteiger partial charge on any atom is -0.353 e. The Morgan fingerprint density at radius 1 is 1.15 bits per heavy atom. The molecule has 0 aliphatic carbocycles. The van der Waals surface area contributed by atoms with E-state index in [0.717, 1.165) is 39.0 Å². The molecule has 20 heavy (non-hydrogen) atoms. The summed E-state index contributed by atoms with van der Waals surface area (Å²) < 4.78 is 0. The van der Waals surface area contributed by atoms with Gasteiger partial charge >= 0.3 is 0 Å². The highest BCUT2D eigenvalue weighted by Gasteiger charge is 2.35. The Kier molecular flexibility index (Phi) is 4.03. The summed E-state index contributed by atoms with van der Waals surface area (Å²) in [5, 5.41) is 6.48. The van der Waals surface area contributed by atoms with Crippen molar-refractivity contribution in [2.24, 2.45) is 0 Å². The number of piperazine rings is 1. The third-order valence-electron chi connectivity index (χ3n) is 4.53. The Bertz CT molecular complexity index is 450. The second-order valence-electron chi connectivity index (χ2n) is 6.03. The van der Waals surface area contributed by atoms with Gasteiger partial charge < -0.3 is 10.6 Å². The molecule has 2 aliphatic rings. The van der Waals surface area contributed by atoms with Crippen LogP contribution in [0.5, 0.6) is 0 Å². The normalized spacial score (nSPS) is 28.1. The second-order valence-corrected chi connectivity index (χ2v) is 6.03. The maximum atomic E-state index is 11.3. The maximum absolute atomic E-state index is 11.3. The first-order valence-corrected chi connectivity index (χ1v) is 7.54. The van der Waals surface area contributed by atoms with Crippen LogP contribution in [0.15, 0.2) is 30.3 Å². The molecule has 108 valence electrons. The van der Waals surface area contributed by atoms with Crippen LogP contribution < -0.4 is 10.6 Å². The number of hydrogen-bond acceptors (Lipinski definition) is 3. The number of carbonyl (C=O) groups is 1. The lowest BCUT2D eigenvalue weighted by Gasteiger charge is -2.37. The Morgan fingerprint density at radius 2 is 2.00 bits per heavy atom. The van der Waals surface area contributed by atoms with Crippen LogP contribution >= 0.6 is 0 Å². The van der Waals surface area contributed by atoms with Gasteiger partial charge in [-0.2, -0.15) is 0 Å². The number of carbonyl (C=O) groups excluding carboxylic acids is 1. The van der Waals surface area contributed by atoms with Gasteiger partial charge in [0.15, 0.2) is 0 Å². The number of rotatable bonds is 2. The molecule has 1 aromatic rings. The van der Waals surface area contributed by atoms with E-state index in [-0.39, 0.29) is 11.4 Å². The molecule has 1 aromatic carbocycles. The van der Waals surface area contributed by atoms with Crippen LogP contribution in [0.3, 0.4) is 0 Å². The van der Waals surface area contributed by atoms with Crippen molar-refractivity contribution < 1.29 is 4.79 Å². The van der Waals surface area contributed by atoms with Gasteiger partial charge in [0.1, 0.15) is 0 Å². The third-order valence-corrected chi connectivity index (χ3v) is 4.53.